The van der Waals surface area contributed by atoms with Gasteiger partial charge in [0.15, 0.2) is 11.5 Å². The molecular weight excluding hydrogens is 485 g/mol. The van der Waals surface area contributed by atoms with Gasteiger partial charge in [0.1, 0.15) is 17.0 Å². The van der Waals surface area contributed by atoms with Gasteiger partial charge in [-0.3, -0.25) is 4.90 Å². The third-order valence-electron chi connectivity index (χ3n) is 6.72. The zero-order valence-corrected chi connectivity index (χ0v) is 20.5. The highest BCUT2D eigenvalue weighted by molar-refractivity contribution is 5.95. The van der Waals surface area contributed by atoms with Crippen LogP contribution < -0.4 is 15.2 Å². The van der Waals surface area contributed by atoms with E-state index in [4.69, 9.17) is 15.5 Å². The lowest BCUT2D eigenvalue weighted by Crippen LogP contribution is -2.30. The van der Waals surface area contributed by atoms with Crippen molar-refractivity contribution >= 4 is 22.5 Å². The van der Waals surface area contributed by atoms with E-state index < -0.39 is 6.36 Å². The van der Waals surface area contributed by atoms with Crippen LogP contribution in [0.25, 0.3) is 16.6 Å². The first kappa shape index (κ1) is 25.1. The maximum Gasteiger partial charge on any atom is 0.573 e. The minimum atomic E-state index is -4.71. The van der Waals surface area contributed by atoms with Crippen molar-refractivity contribution in [3.05, 3.63) is 53.9 Å². The minimum absolute atomic E-state index is 0.213. The number of nitrogens with zero attached hydrogens (tertiary/aromatic N) is 5. The van der Waals surface area contributed by atoms with E-state index in [1.807, 2.05) is 18.2 Å². The molecule has 0 aliphatic heterocycles. The first-order valence-electron chi connectivity index (χ1n) is 12.3. The van der Waals surface area contributed by atoms with Crippen LogP contribution in [0.5, 0.6) is 11.5 Å². The predicted molar refractivity (Wildman–Crippen MR) is 133 cm³/mol. The summed E-state index contributed by atoms with van der Waals surface area (Å²) in [5.41, 5.74) is 8.31. The fourth-order valence-electron chi connectivity index (χ4n) is 5.08. The molecule has 8 nitrogen and oxygen atoms in total. The van der Waals surface area contributed by atoms with E-state index in [9.17, 15) is 13.2 Å². The van der Waals surface area contributed by atoms with Crippen LogP contribution >= 0.6 is 0 Å². The predicted octanol–water partition coefficient (Wildman–Crippen LogP) is 5.35. The van der Waals surface area contributed by atoms with Crippen molar-refractivity contribution in [1.29, 1.82) is 0 Å². The Morgan fingerprint density at radius 2 is 1.78 bits per heavy atom. The molecule has 2 N–H and O–H groups in total. The van der Waals surface area contributed by atoms with Crippen LogP contribution in [0.2, 0.25) is 0 Å². The summed E-state index contributed by atoms with van der Waals surface area (Å²) in [6, 6.07) is 11.6. The second-order valence-corrected chi connectivity index (χ2v) is 9.46. The summed E-state index contributed by atoms with van der Waals surface area (Å²) in [6.07, 6.45) is 1.29. The number of halogens is 3. The third-order valence-corrected chi connectivity index (χ3v) is 6.72. The van der Waals surface area contributed by atoms with Crippen LogP contribution in [0.15, 0.2) is 42.5 Å². The van der Waals surface area contributed by atoms with Crippen molar-refractivity contribution in [1.82, 2.24) is 24.5 Å². The number of nitrogens with two attached hydrogens (primary N) is 1. The summed E-state index contributed by atoms with van der Waals surface area (Å²) in [7, 11) is 1.58. The number of para-hydroxylation sites is 1. The third kappa shape index (κ3) is 5.87. The van der Waals surface area contributed by atoms with Gasteiger partial charge in [0, 0.05) is 18.5 Å². The summed E-state index contributed by atoms with van der Waals surface area (Å²) in [5, 5.41) is 5.42. The number of ether oxygens (including phenoxy) is 2. The summed E-state index contributed by atoms with van der Waals surface area (Å²) in [6.45, 7) is 1.85. The molecular formula is C26H29F3N6O2. The highest BCUT2D eigenvalue weighted by Gasteiger charge is 2.31. The fraction of sp³-hybridized carbons (Fsp3) is 0.423. The van der Waals surface area contributed by atoms with E-state index in [2.05, 4.69) is 19.7 Å². The maximum atomic E-state index is 12.5. The number of alkyl halides is 3. The SMILES string of the molecule is COc1cccc2c1nc(N)n1nc(CN(Cc3ccc(OC(F)(F)F)cc3)CC3CCCCC3)nc21. The Kier molecular flexibility index (Phi) is 7.05. The molecule has 4 aromatic rings. The first-order chi connectivity index (χ1) is 17.8. The first-order valence-corrected chi connectivity index (χ1v) is 12.3. The van der Waals surface area contributed by atoms with Crippen molar-refractivity contribution in [3.63, 3.8) is 0 Å². The minimum Gasteiger partial charge on any atom is -0.494 e. The Balaban J connectivity index is 1.42. The molecule has 1 aliphatic rings. The number of rotatable bonds is 8. The van der Waals surface area contributed by atoms with Gasteiger partial charge in [0.25, 0.3) is 0 Å². The number of methoxy groups -OCH3 is 1. The molecule has 0 atom stereocenters. The summed E-state index contributed by atoms with van der Waals surface area (Å²) in [5.74, 6) is 1.73. The van der Waals surface area contributed by atoms with E-state index >= 15 is 0 Å². The maximum absolute atomic E-state index is 12.5. The molecule has 0 unspecified atom stereocenters. The van der Waals surface area contributed by atoms with E-state index in [-0.39, 0.29) is 11.7 Å². The number of hydrogen-bond donors (Lipinski definition) is 1. The van der Waals surface area contributed by atoms with E-state index in [0.29, 0.717) is 41.7 Å². The normalized spacial score (nSPS) is 15.1. The number of hydrogen-bond acceptors (Lipinski definition) is 7. The fourth-order valence-corrected chi connectivity index (χ4v) is 5.08. The Hall–Kier alpha value is -3.60. The quantitative estimate of drug-likeness (QED) is 0.339. The standard InChI is InChI=1S/C26H29F3N6O2/c1-36-21-9-5-8-20-23(21)32-25(30)35-24(20)31-22(33-35)16-34(14-17-6-3-2-4-7-17)15-18-10-12-19(13-11-18)37-26(27,28)29/h5,8-13,17H,2-4,6-7,14-16H2,1H3,(H2,30,32). The largest absolute Gasteiger partial charge is 0.573 e. The Morgan fingerprint density at radius 3 is 2.49 bits per heavy atom. The molecule has 1 saturated carbocycles. The van der Waals surface area contributed by atoms with Crippen LogP contribution in [-0.4, -0.2) is 44.5 Å². The van der Waals surface area contributed by atoms with Crippen molar-refractivity contribution in [3.8, 4) is 11.5 Å². The van der Waals surface area contributed by atoms with Crippen LogP contribution in [0, 0.1) is 5.92 Å². The molecule has 1 aliphatic carbocycles. The second kappa shape index (κ2) is 10.4. The molecule has 2 aromatic carbocycles. The van der Waals surface area contributed by atoms with E-state index in [0.717, 1.165) is 30.3 Å². The topological polar surface area (TPSA) is 90.8 Å². The van der Waals surface area contributed by atoms with Crippen molar-refractivity contribution in [2.75, 3.05) is 19.4 Å². The number of nitrogen functional groups attached to an aromatic ring is 1. The molecule has 2 aromatic heterocycles. The highest BCUT2D eigenvalue weighted by atomic mass is 19.4. The lowest BCUT2D eigenvalue weighted by atomic mass is 9.89. The molecule has 0 saturated heterocycles. The van der Waals surface area contributed by atoms with Crippen LogP contribution in [0.4, 0.5) is 19.1 Å². The molecule has 196 valence electrons. The number of benzene rings is 2. The Labute approximate surface area is 212 Å². The second-order valence-electron chi connectivity index (χ2n) is 9.46. The molecule has 0 spiro atoms. The van der Waals surface area contributed by atoms with Crippen LogP contribution in [0.3, 0.4) is 0 Å². The Morgan fingerprint density at radius 1 is 1.03 bits per heavy atom. The van der Waals surface area contributed by atoms with E-state index in [1.165, 1.54) is 31.4 Å². The van der Waals surface area contributed by atoms with E-state index in [1.54, 1.807) is 23.8 Å². The molecule has 37 heavy (non-hydrogen) atoms. The molecule has 1 fully saturated rings. The highest BCUT2D eigenvalue weighted by Crippen LogP contribution is 2.29. The average molecular weight is 515 g/mol. The Bertz CT molecular complexity index is 1370. The summed E-state index contributed by atoms with van der Waals surface area (Å²) >= 11 is 0. The summed E-state index contributed by atoms with van der Waals surface area (Å²) in [4.78, 5) is 11.5. The monoisotopic (exact) mass is 514 g/mol. The van der Waals surface area contributed by atoms with Crippen LogP contribution in [-0.2, 0) is 13.1 Å². The van der Waals surface area contributed by atoms with Gasteiger partial charge in [0.2, 0.25) is 5.95 Å². The van der Waals surface area contributed by atoms with Crippen molar-refractivity contribution in [2.45, 2.75) is 51.6 Å². The molecule has 5 rings (SSSR count). The molecule has 0 amide bonds. The number of fused-ring (bicyclic) bond motifs is 3. The van der Waals surface area contributed by atoms with Gasteiger partial charge in [-0.1, -0.05) is 37.5 Å². The molecule has 0 radical (unpaired) electrons. The van der Waals surface area contributed by atoms with Gasteiger partial charge in [-0.15, -0.1) is 18.3 Å². The van der Waals surface area contributed by atoms with Gasteiger partial charge in [-0.25, -0.2) is 9.97 Å². The summed E-state index contributed by atoms with van der Waals surface area (Å²) < 4.78 is 48.6. The number of aromatic nitrogens is 4. The van der Waals surface area contributed by atoms with Gasteiger partial charge in [0.05, 0.1) is 13.7 Å². The van der Waals surface area contributed by atoms with Gasteiger partial charge < -0.3 is 15.2 Å². The van der Waals surface area contributed by atoms with Gasteiger partial charge >= 0.3 is 6.36 Å². The van der Waals surface area contributed by atoms with Gasteiger partial charge in [-0.2, -0.15) is 4.52 Å². The van der Waals surface area contributed by atoms with Crippen molar-refractivity contribution in [2.24, 2.45) is 5.92 Å². The van der Waals surface area contributed by atoms with Crippen molar-refractivity contribution < 1.29 is 22.6 Å². The zero-order chi connectivity index (χ0) is 26.0. The smallest absolute Gasteiger partial charge is 0.494 e. The lowest BCUT2D eigenvalue weighted by molar-refractivity contribution is -0.274. The van der Waals surface area contributed by atoms with Gasteiger partial charge in [-0.05, 0) is 48.6 Å². The van der Waals surface area contributed by atoms with Crippen LogP contribution in [0.1, 0.15) is 43.5 Å². The molecule has 11 heteroatoms. The molecule has 2 heterocycles. The number of anilines is 1. The lowest BCUT2D eigenvalue weighted by Gasteiger charge is -2.29. The zero-order valence-electron chi connectivity index (χ0n) is 20.5. The molecule has 0 bridgehead atoms. The average Bonchev–Trinajstić information content (AvgIpc) is 3.29.